The number of carbonyl (C=O) groups is 2. The Kier molecular flexibility index (Phi) is 5.30. The summed E-state index contributed by atoms with van der Waals surface area (Å²) in [5.74, 6) is 1.53. The van der Waals surface area contributed by atoms with E-state index in [1.807, 2.05) is 34.9 Å². The topological polar surface area (TPSA) is 49.9 Å². The van der Waals surface area contributed by atoms with Crippen LogP contribution in [0.1, 0.15) is 45.2 Å². The summed E-state index contributed by atoms with van der Waals surface area (Å²) in [7, 11) is 0. The van der Waals surface area contributed by atoms with E-state index < -0.39 is 0 Å². The number of benzene rings is 1. The van der Waals surface area contributed by atoms with E-state index in [1.54, 1.807) is 0 Å². The third kappa shape index (κ3) is 3.65. The van der Waals surface area contributed by atoms with E-state index in [0.717, 1.165) is 11.3 Å². The average molecular weight is 344 g/mol. The molecule has 5 heteroatoms. The van der Waals surface area contributed by atoms with Crippen molar-refractivity contribution in [2.75, 3.05) is 26.2 Å². The summed E-state index contributed by atoms with van der Waals surface area (Å²) in [6.45, 7) is 8.48. The fourth-order valence-electron chi connectivity index (χ4n) is 3.92. The highest BCUT2D eigenvalue weighted by molar-refractivity contribution is 5.80. The van der Waals surface area contributed by atoms with E-state index in [4.69, 9.17) is 4.74 Å². The highest BCUT2D eigenvalue weighted by atomic mass is 16.5. The van der Waals surface area contributed by atoms with Gasteiger partial charge in [-0.05, 0) is 18.9 Å². The maximum Gasteiger partial charge on any atom is 0.224 e. The van der Waals surface area contributed by atoms with Crippen molar-refractivity contribution in [2.45, 2.75) is 39.7 Å². The number of carbonyl (C=O) groups excluding carboxylic acids is 2. The van der Waals surface area contributed by atoms with Crippen LogP contribution in [0.4, 0.5) is 0 Å². The number of fused-ring (bicyclic) bond motifs is 3. The molecule has 5 nitrogen and oxygen atoms in total. The Morgan fingerprint density at radius 2 is 2.08 bits per heavy atom. The molecule has 3 rings (SSSR count). The first-order valence-corrected chi connectivity index (χ1v) is 9.30. The minimum atomic E-state index is -0.0154. The zero-order chi connectivity index (χ0) is 18.0. The van der Waals surface area contributed by atoms with Gasteiger partial charge in [-0.3, -0.25) is 9.59 Å². The second-order valence-corrected chi connectivity index (χ2v) is 7.42. The van der Waals surface area contributed by atoms with E-state index in [0.29, 0.717) is 45.0 Å². The fraction of sp³-hybridized carbons (Fsp3) is 0.600. The second-order valence-electron chi connectivity index (χ2n) is 7.42. The van der Waals surface area contributed by atoms with Gasteiger partial charge in [-0.25, -0.2) is 0 Å². The lowest BCUT2D eigenvalue weighted by atomic mass is 9.87. The summed E-state index contributed by atoms with van der Waals surface area (Å²) in [6.07, 6.45) is 0.905. The number of nitrogens with zero attached hydrogens (tertiary/aromatic N) is 2. The van der Waals surface area contributed by atoms with Gasteiger partial charge in [0.25, 0.3) is 0 Å². The minimum absolute atomic E-state index is 0.0154. The lowest BCUT2D eigenvalue weighted by molar-refractivity contribution is -0.142. The number of amides is 2. The molecule has 0 N–H and O–H groups in total. The van der Waals surface area contributed by atoms with Gasteiger partial charge < -0.3 is 14.5 Å². The quantitative estimate of drug-likeness (QED) is 0.847. The van der Waals surface area contributed by atoms with Crippen LogP contribution >= 0.6 is 0 Å². The zero-order valence-electron chi connectivity index (χ0n) is 15.4. The number of para-hydroxylation sites is 1. The molecule has 0 spiro atoms. The third-order valence-electron chi connectivity index (χ3n) is 5.13. The standard InChI is InChI=1S/C20H28N2O3/c1-4-21-12-15-13-25-17-8-6-5-7-16(17)20(15)22(10-9-18(21)23)19(24)11-14(2)3/h5-8,14-15,20H,4,9-13H2,1-3H3/t15-,20-/m0/s1. The molecule has 2 aliphatic rings. The molecule has 1 saturated heterocycles. The summed E-state index contributed by atoms with van der Waals surface area (Å²) in [4.78, 5) is 29.3. The predicted octanol–water partition coefficient (Wildman–Crippen LogP) is 2.86. The molecule has 136 valence electrons. The van der Waals surface area contributed by atoms with Crippen LogP contribution in [0.5, 0.6) is 5.75 Å². The monoisotopic (exact) mass is 344 g/mol. The zero-order valence-corrected chi connectivity index (χ0v) is 15.4. The van der Waals surface area contributed by atoms with Crippen molar-refractivity contribution in [1.29, 1.82) is 0 Å². The number of hydrogen-bond acceptors (Lipinski definition) is 3. The predicted molar refractivity (Wildman–Crippen MR) is 96.2 cm³/mol. The summed E-state index contributed by atoms with van der Waals surface area (Å²) < 4.78 is 5.95. The average Bonchev–Trinajstić information content (AvgIpc) is 2.58. The van der Waals surface area contributed by atoms with Gasteiger partial charge in [0.15, 0.2) is 0 Å². The van der Waals surface area contributed by atoms with Crippen molar-refractivity contribution in [2.24, 2.45) is 11.8 Å². The highest BCUT2D eigenvalue weighted by Gasteiger charge is 2.40. The Balaban J connectivity index is 1.98. The Hall–Kier alpha value is -2.04. The highest BCUT2D eigenvalue weighted by Crippen LogP contribution is 2.41. The van der Waals surface area contributed by atoms with Crippen LogP contribution in [0.25, 0.3) is 0 Å². The number of rotatable bonds is 3. The Morgan fingerprint density at radius 3 is 2.80 bits per heavy atom. The van der Waals surface area contributed by atoms with Gasteiger partial charge in [-0.2, -0.15) is 0 Å². The smallest absolute Gasteiger partial charge is 0.224 e. The maximum absolute atomic E-state index is 13.0. The molecule has 0 saturated carbocycles. The van der Waals surface area contributed by atoms with Crippen molar-refractivity contribution in [1.82, 2.24) is 9.80 Å². The molecular weight excluding hydrogens is 316 g/mol. The summed E-state index contributed by atoms with van der Waals surface area (Å²) in [6, 6.07) is 7.97. The van der Waals surface area contributed by atoms with Crippen LogP contribution < -0.4 is 4.74 Å². The molecule has 1 fully saturated rings. The SMILES string of the molecule is CCN1C[C@H]2COc3ccccc3[C@H]2N(C(=O)CC(C)C)CCC1=O. The number of ether oxygens (including phenoxy) is 1. The first-order valence-electron chi connectivity index (χ1n) is 9.30. The van der Waals surface area contributed by atoms with E-state index in [2.05, 4.69) is 19.9 Å². The molecule has 2 atom stereocenters. The van der Waals surface area contributed by atoms with Crippen molar-refractivity contribution in [3.8, 4) is 5.75 Å². The van der Waals surface area contributed by atoms with Crippen LogP contribution in [0.2, 0.25) is 0 Å². The molecule has 2 heterocycles. The van der Waals surface area contributed by atoms with Crippen LogP contribution in [0.3, 0.4) is 0 Å². The first-order chi connectivity index (χ1) is 12.0. The van der Waals surface area contributed by atoms with Crippen LogP contribution in [0.15, 0.2) is 24.3 Å². The molecule has 1 aromatic carbocycles. The number of hydrogen-bond donors (Lipinski definition) is 0. The molecule has 0 bridgehead atoms. The van der Waals surface area contributed by atoms with Crippen molar-refractivity contribution in [3.05, 3.63) is 29.8 Å². The maximum atomic E-state index is 13.0. The van der Waals surface area contributed by atoms with Crippen LogP contribution in [-0.4, -0.2) is 47.9 Å². The van der Waals surface area contributed by atoms with Crippen molar-refractivity contribution >= 4 is 11.8 Å². The summed E-state index contributed by atoms with van der Waals surface area (Å²) >= 11 is 0. The van der Waals surface area contributed by atoms with E-state index in [1.165, 1.54) is 0 Å². The molecule has 1 aromatic rings. The fourth-order valence-corrected chi connectivity index (χ4v) is 3.92. The largest absolute Gasteiger partial charge is 0.493 e. The van der Waals surface area contributed by atoms with E-state index >= 15 is 0 Å². The molecule has 0 aromatic heterocycles. The van der Waals surface area contributed by atoms with Gasteiger partial charge in [-0.1, -0.05) is 32.0 Å². The summed E-state index contributed by atoms with van der Waals surface area (Å²) in [5.41, 5.74) is 1.07. The second kappa shape index (κ2) is 7.46. The van der Waals surface area contributed by atoms with Gasteiger partial charge in [0.2, 0.25) is 11.8 Å². The first kappa shape index (κ1) is 17.8. The molecular formula is C20H28N2O3. The van der Waals surface area contributed by atoms with Crippen LogP contribution in [-0.2, 0) is 9.59 Å². The normalized spacial score (nSPS) is 23.4. The van der Waals surface area contributed by atoms with Gasteiger partial charge in [0.05, 0.1) is 12.6 Å². The van der Waals surface area contributed by atoms with Gasteiger partial charge in [0.1, 0.15) is 5.75 Å². The van der Waals surface area contributed by atoms with Crippen molar-refractivity contribution < 1.29 is 14.3 Å². The van der Waals surface area contributed by atoms with E-state index in [-0.39, 0.29) is 23.8 Å². The molecule has 25 heavy (non-hydrogen) atoms. The molecule has 0 unspecified atom stereocenters. The lowest BCUT2D eigenvalue weighted by Gasteiger charge is -2.44. The summed E-state index contributed by atoms with van der Waals surface area (Å²) in [5, 5.41) is 0. The Labute approximate surface area is 149 Å². The van der Waals surface area contributed by atoms with E-state index in [9.17, 15) is 9.59 Å². The lowest BCUT2D eigenvalue weighted by Crippen LogP contribution is -2.51. The van der Waals surface area contributed by atoms with Gasteiger partial charge in [-0.15, -0.1) is 0 Å². The molecule has 0 aliphatic carbocycles. The molecule has 0 radical (unpaired) electrons. The third-order valence-corrected chi connectivity index (χ3v) is 5.13. The Bertz CT molecular complexity index is 644. The van der Waals surface area contributed by atoms with Crippen LogP contribution in [0, 0.1) is 11.8 Å². The van der Waals surface area contributed by atoms with Gasteiger partial charge in [0, 0.05) is 44.0 Å². The van der Waals surface area contributed by atoms with Crippen molar-refractivity contribution in [3.63, 3.8) is 0 Å². The van der Waals surface area contributed by atoms with Gasteiger partial charge >= 0.3 is 0 Å². The Morgan fingerprint density at radius 1 is 1.32 bits per heavy atom. The molecule has 2 amide bonds. The minimum Gasteiger partial charge on any atom is -0.493 e. The molecule has 2 aliphatic heterocycles.